The SMILES string of the molecule is COc1ccc(C2=NO[C@](C)([C@H]3CC=C(C)CC3)C2)cc1. The molecule has 3 rings (SSSR count). The summed E-state index contributed by atoms with van der Waals surface area (Å²) in [6, 6.07) is 8.05. The van der Waals surface area contributed by atoms with Gasteiger partial charge in [-0.25, -0.2) is 0 Å². The second-order valence-corrected chi connectivity index (χ2v) is 6.37. The van der Waals surface area contributed by atoms with Gasteiger partial charge in [0.15, 0.2) is 0 Å². The number of allylic oxidation sites excluding steroid dienone is 2. The molecule has 0 radical (unpaired) electrons. The van der Waals surface area contributed by atoms with Crippen LogP contribution in [0.5, 0.6) is 5.75 Å². The Bertz CT molecular complexity index is 573. The molecule has 1 aromatic rings. The van der Waals surface area contributed by atoms with Crippen LogP contribution in [0.25, 0.3) is 0 Å². The summed E-state index contributed by atoms with van der Waals surface area (Å²) in [7, 11) is 1.68. The van der Waals surface area contributed by atoms with Crippen molar-refractivity contribution in [3.05, 3.63) is 41.5 Å². The van der Waals surface area contributed by atoms with Gasteiger partial charge in [-0.15, -0.1) is 0 Å². The van der Waals surface area contributed by atoms with Crippen molar-refractivity contribution in [2.24, 2.45) is 11.1 Å². The van der Waals surface area contributed by atoms with E-state index in [0.29, 0.717) is 5.92 Å². The number of methoxy groups -OCH3 is 1. The maximum absolute atomic E-state index is 5.87. The first kappa shape index (κ1) is 14.2. The van der Waals surface area contributed by atoms with Crippen LogP contribution in [0.4, 0.5) is 0 Å². The zero-order chi connectivity index (χ0) is 14.9. The largest absolute Gasteiger partial charge is 0.497 e. The Morgan fingerprint density at radius 1 is 1.29 bits per heavy atom. The standard InChI is InChI=1S/C18H23NO2/c1-13-4-8-15(9-5-13)18(2)12-17(19-21-18)14-6-10-16(20-3)11-7-14/h4,6-7,10-11,15H,5,8-9,12H2,1-3H3/t15-,18-/m0/s1. The van der Waals surface area contributed by atoms with E-state index in [9.17, 15) is 0 Å². The van der Waals surface area contributed by atoms with E-state index >= 15 is 0 Å². The zero-order valence-electron chi connectivity index (χ0n) is 13.1. The molecule has 21 heavy (non-hydrogen) atoms. The van der Waals surface area contributed by atoms with E-state index < -0.39 is 0 Å². The van der Waals surface area contributed by atoms with Crippen LogP contribution >= 0.6 is 0 Å². The van der Waals surface area contributed by atoms with Gasteiger partial charge in [0.1, 0.15) is 11.4 Å². The lowest BCUT2D eigenvalue weighted by Gasteiger charge is -2.33. The molecule has 1 aliphatic heterocycles. The number of hydrogen-bond donors (Lipinski definition) is 0. The second kappa shape index (κ2) is 5.55. The summed E-state index contributed by atoms with van der Waals surface area (Å²) in [6.07, 6.45) is 6.73. The third kappa shape index (κ3) is 2.82. The quantitative estimate of drug-likeness (QED) is 0.774. The highest BCUT2D eigenvalue weighted by Crippen LogP contribution is 2.40. The molecular formula is C18H23NO2. The Hall–Kier alpha value is -1.77. The summed E-state index contributed by atoms with van der Waals surface area (Å²) in [5.41, 5.74) is 3.52. The van der Waals surface area contributed by atoms with Crippen LogP contribution in [0.2, 0.25) is 0 Å². The molecule has 0 saturated carbocycles. The summed E-state index contributed by atoms with van der Waals surface area (Å²) < 4.78 is 5.20. The van der Waals surface area contributed by atoms with Crippen molar-refractivity contribution in [2.75, 3.05) is 7.11 Å². The molecule has 1 heterocycles. The minimum Gasteiger partial charge on any atom is -0.497 e. The molecule has 0 fully saturated rings. The van der Waals surface area contributed by atoms with Gasteiger partial charge in [0.25, 0.3) is 0 Å². The number of oxime groups is 1. The Morgan fingerprint density at radius 2 is 2.05 bits per heavy atom. The van der Waals surface area contributed by atoms with Gasteiger partial charge in [0, 0.05) is 12.3 Å². The lowest BCUT2D eigenvalue weighted by atomic mass is 9.76. The van der Waals surface area contributed by atoms with Crippen LogP contribution in [0, 0.1) is 5.92 Å². The Kier molecular flexibility index (Phi) is 3.75. The summed E-state index contributed by atoms with van der Waals surface area (Å²) >= 11 is 0. The second-order valence-electron chi connectivity index (χ2n) is 6.37. The van der Waals surface area contributed by atoms with E-state index in [1.807, 2.05) is 12.1 Å². The van der Waals surface area contributed by atoms with Crippen LogP contribution in [0.3, 0.4) is 0 Å². The van der Waals surface area contributed by atoms with Crippen LogP contribution in [-0.2, 0) is 4.84 Å². The Balaban J connectivity index is 1.71. The predicted molar refractivity (Wildman–Crippen MR) is 84.7 cm³/mol. The first-order valence-electron chi connectivity index (χ1n) is 7.66. The minimum atomic E-state index is -0.160. The highest BCUT2D eigenvalue weighted by molar-refractivity contribution is 6.01. The number of benzene rings is 1. The van der Waals surface area contributed by atoms with Crippen LogP contribution in [0.1, 0.15) is 45.1 Å². The highest BCUT2D eigenvalue weighted by atomic mass is 16.7. The Morgan fingerprint density at radius 3 is 2.67 bits per heavy atom. The minimum absolute atomic E-state index is 0.160. The van der Waals surface area contributed by atoms with Gasteiger partial charge in [-0.3, -0.25) is 0 Å². The molecule has 2 aliphatic rings. The van der Waals surface area contributed by atoms with E-state index in [1.54, 1.807) is 7.11 Å². The fourth-order valence-electron chi connectivity index (χ4n) is 3.23. The smallest absolute Gasteiger partial charge is 0.143 e. The summed E-state index contributed by atoms with van der Waals surface area (Å²) in [5.74, 6) is 1.43. The van der Waals surface area contributed by atoms with E-state index in [4.69, 9.17) is 9.57 Å². The van der Waals surface area contributed by atoms with Crippen molar-refractivity contribution in [1.82, 2.24) is 0 Å². The van der Waals surface area contributed by atoms with Gasteiger partial charge in [-0.05, 0) is 62.9 Å². The topological polar surface area (TPSA) is 30.8 Å². The van der Waals surface area contributed by atoms with E-state index in [-0.39, 0.29) is 5.60 Å². The lowest BCUT2D eigenvalue weighted by Crippen LogP contribution is -2.35. The van der Waals surface area contributed by atoms with Crippen molar-refractivity contribution in [3.63, 3.8) is 0 Å². The molecule has 2 atom stereocenters. The third-order valence-electron chi connectivity index (χ3n) is 4.81. The van der Waals surface area contributed by atoms with Crippen molar-refractivity contribution in [2.45, 2.75) is 45.1 Å². The summed E-state index contributed by atoms with van der Waals surface area (Å²) in [6.45, 7) is 4.42. The van der Waals surface area contributed by atoms with Gasteiger partial charge >= 0.3 is 0 Å². The molecular weight excluding hydrogens is 262 g/mol. The van der Waals surface area contributed by atoms with E-state index in [0.717, 1.165) is 29.9 Å². The van der Waals surface area contributed by atoms with E-state index in [1.165, 1.54) is 18.4 Å². The maximum atomic E-state index is 5.87. The zero-order valence-corrected chi connectivity index (χ0v) is 13.1. The van der Waals surface area contributed by atoms with Gasteiger partial charge in [-0.1, -0.05) is 16.8 Å². The fourth-order valence-corrected chi connectivity index (χ4v) is 3.23. The molecule has 0 N–H and O–H groups in total. The molecule has 0 amide bonds. The highest BCUT2D eigenvalue weighted by Gasteiger charge is 2.42. The molecule has 0 bridgehead atoms. The van der Waals surface area contributed by atoms with Gasteiger partial charge in [0.2, 0.25) is 0 Å². The Labute approximate surface area is 126 Å². The van der Waals surface area contributed by atoms with Crippen LogP contribution in [0.15, 0.2) is 41.1 Å². The molecule has 0 spiro atoms. The first-order chi connectivity index (χ1) is 10.1. The molecule has 0 saturated heterocycles. The molecule has 3 heteroatoms. The van der Waals surface area contributed by atoms with Crippen molar-refractivity contribution >= 4 is 5.71 Å². The van der Waals surface area contributed by atoms with Gasteiger partial charge in [0.05, 0.1) is 12.8 Å². The lowest BCUT2D eigenvalue weighted by molar-refractivity contribution is -0.0523. The number of ether oxygens (including phenoxy) is 1. The predicted octanol–water partition coefficient (Wildman–Crippen LogP) is 4.32. The van der Waals surface area contributed by atoms with Crippen molar-refractivity contribution in [1.29, 1.82) is 0 Å². The normalized spacial score (nSPS) is 28.6. The van der Waals surface area contributed by atoms with Crippen molar-refractivity contribution < 1.29 is 9.57 Å². The van der Waals surface area contributed by atoms with E-state index in [2.05, 4.69) is 37.2 Å². The molecule has 1 aromatic carbocycles. The number of rotatable bonds is 3. The first-order valence-corrected chi connectivity index (χ1v) is 7.66. The molecule has 112 valence electrons. The van der Waals surface area contributed by atoms with Crippen LogP contribution < -0.4 is 4.74 Å². The fraction of sp³-hybridized carbons (Fsp3) is 0.500. The molecule has 0 unspecified atom stereocenters. The average molecular weight is 285 g/mol. The average Bonchev–Trinajstić information content (AvgIpc) is 2.92. The third-order valence-corrected chi connectivity index (χ3v) is 4.81. The van der Waals surface area contributed by atoms with Gasteiger partial charge < -0.3 is 9.57 Å². The summed E-state index contributed by atoms with van der Waals surface area (Å²) in [5, 5.41) is 4.36. The number of nitrogens with zero attached hydrogens (tertiary/aromatic N) is 1. The van der Waals surface area contributed by atoms with Gasteiger partial charge in [-0.2, -0.15) is 0 Å². The van der Waals surface area contributed by atoms with Crippen LogP contribution in [-0.4, -0.2) is 18.4 Å². The molecule has 1 aliphatic carbocycles. The summed E-state index contributed by atoms with van der Waals surface area (Å²) in [4.78, 5) is 5.87. The number of hydrogen-bond acceptors (Lipinski definition) is 3. The van der Waals surface area contributed by atoms with Crippen molar-refractivity contribution in [3.8, 4) is 5.75 Å². The maximum Gasteiger partial charge on any atom is 0.143 e. The molecule has 3 nitrogen and oxygen atoms in total. The monoisotopic (exact) mass is 285 g/mol. The molecule has 0 aromatic heterocycles.